The van der Waals surface area contributed by atoms with E-state index in [1.165, 1.54) is 18.4 Å². The molecule has 0 saturated carbocycles. The molecule has 0 fully saturated rings. The number of nitrogens with two attached hydrogens (primary N) is 1. The third-order valence-corrected chi connectivity index (χ3v) is 3.45. The van der Waals surface area contributed by atoms with E-state index in [0.29, 0.717) is 22.0 Å². The molecule has 2 rings (SSSR count). The molecule has 1 heterocycles. The lowest BCUT2D eigenvalue weighted by atomic mass is 10.3. The number of rotatable bonds is 5. The Balaban J connectivity index is 1.92. The molecule has 3 N–H and O–H groups in total. The highest BCUT2D eigenvalue weighted by atomic mass is 32.1. The highest BCUT2D eigenvalue weighted by molar-refractivity contribution is 7.12. The van der Waals surface area contributed by atoms with Gasteiger partial charge in [0, 0.05) is 5.69 Å². The maximum atomic E-state index is 11.8. The molecule has 0 atom stereocenters. The molecule has 1 aromatic heterocycles. The van der Waals surface area contributed by atoms with E-state index in [1.54, 1.807) is 35.7 Å². The van der Waals surface area contributed by atoms with Crippen LogP contribution in [0.2, 0.25) is 0 Å². The molecule has 110 valence electrons. The second kappa shape index (κ2) is 6.76. The lowest BCUT2D eigenvalue weighted by Gasteiger charge is -2.07. The van der Waals surface area contributed by atoms with Crippen molar-refractivity contribution in [2.45, 2.75) is 0 Å². The number of carbonyl (C=O) groups excluding carboxylic acids is 2. The molecule has 0 aliphatic rings. The van der Waals surface area contributed by atoms with E-state index in [9.17, 15) is 9.59 Å². The molecule has 1 amide bonds. The van der Waals surface area contributed by atoms with Gasteiger partial charge in [0.05, 0.1) is 12.8 Å². The van der Waals surface area contributed by atoms with E-state index in [-0.39, 0.29) is 12.5 Å². The van der Waals surface area contributed by atoms with E-state index >= 15 is 0 Å². The number of carbonyl (C=O) groups is 2. The smallest absolute Gasteiger partial charge is 0.350 e. The number of esters is 1. The Bertz CT molecular complexity index is 637. The number of hydrogen-bond donors (Lipinski definition) is 2. The summed E-state index contributed by atoms with van der Waals surface area (Å²) in [5, 5.41) is 4.31. The van der Waals surface area contributed by atoms with Crippen LogP contribution in [0.1, 0.15) is 9.67 Å². The van der Waals surface area contributed by atoms with Crippen LogP contribution < -0.4 is 15.8 Å². The van der Waals surface area contributed by atoms with Crippen LogP contribution in [0.25, 0.3) is 0 Å². The van der Waals surface area contributed by atoms with Crippen LogP contribution in [0.5, 0.6) is 5.75 Å². The Labute approximate surface area is 125 Å². The first-order valence-corrected chi connectivity index (χ1v) is 6.92. The lowest BCUT2D eigenvalue weighted by molar-refractivity contribution is -0.118. The summed E-state index contributed by atoms with van der Waals surface area (Å²) in [5.41, 5.74) is 6.59. The zero-order valence-corrected chi connectivity index (χ0v) is 12.1. The second-order valence-electron chi connectivity index (χ2n) is 4.06. The molecule has 0 aliphatic carbocycles. The molecule has 0 radical (unpaired) electrons. The third-order valence-electron chi connectivity index (χ3n) is 2.56. The van der Waals surface area contributed by atoms with Gasteiger partial charge < -0.3 is 20.5 Å². The van der Waals surface area contributed by atoms with Gasteiger partial charge in [-0.2, -0.15) is 0 Å². The summed E-state index contributed by atoms with van der Waals surface area (Å²) >= 11 is 1.20. The summed E-state index contributed by atoms with van der Waals surface area (Å²) in [4.78, 5) is 23.6. The van der Waals surface area contributed by atoms with Gasteiger partial charge in [-0.05, 0) is 35.7 Å². The van der Waals surface area contributed by atoms with Gasteiger partial charge in [0.2, 0.25) is 0 Å². The second-order valence-corrected chi connectivity index (χ2v) is 4.98. The van der Waals surface area contributed by atoms with Crippen molar-refractivity contribution >= 4 is 34.6 Å². The summed E-state index contributed by atoms with van der Waals surface area (Å²) in [6.07, 6.45) is 0. The minimum atomic E-state index is -0.486. The zero-order chi connectivity index (χ0) is 15.2. The van der Waals surface area contributed by atoms with Crippen LogP contribution in [-0.4, -0.2) is 25.6 Å². The highest BCUT2D eigenvalue weighted by Gasteiger charge is 2.15. The summed E-state index contributed by atoms with van der Waals surface area (Å²) in [5.74, 6) is -0.312. The first-order valence-electron chi connectivity index (χ1n) is 6.04. The number of hydrogen-bond acceptors (Lipinski definition) is 6. The highest BCUT2D eigenvalue weighted by Crippen LogP contribution is 2.23. The number of nitrogens with one attached hydrogen (secondary N) is 1. The average Bonchev–Trinajstić information content (AvgIpc) is 2.94. The maximum Gasteiger partial charge on any atom is 0.350 e. The van der Waals surface area contributed by atoms with Gasteiger partial charge in [-0.1, -0.05) is 0 Å². The standard InChI is InChI=1S/C14H14N2O4S/c1-19-14(18)13-11(6-7-21-13)16-12(17)8-20-10-4-2-9(15)3-5-10/h2-7H,8,15H2,1H3,(H,16,17). The molecule has 0 bridgehead atoms. The van der Waals surface area contributed by atoms with Gasteiger partial charge >= 0.3 is 5.97 Å². The number of amides is 1. The van der Waals surface area contributed by atoms with Crippen molar-refractivity contribution in [3.05, 3.63) is 40.6 Å². The van der Waals surface area contributed by atoms with Crippen LogP contribution in [0, 0.1) is 0 Å². The molecule has 1 aromatic carbocycles. The fraction of sp³-hybridized carbons (Fsp3) is 0.143. The predicted octanol–water partition coefficient (Wildman–Crippen LogP) is 2.13. The average molecular weight is 306 g/mol. The van der Waals surface area contributed by atoms with Gasteiger partial charge in [0.25, 0.3) is 5.91 Å². The molecule has 0 spiro atoms. The summed E-state index contributed by atoms with van der Waals surface area (Å²) in [6.45, 7) is -0.166. The molecule has 21 heavy (non-hydrogen) atoms. The van der Waals surface area contributed by atoms with Crippen LogP contribution in [0.4, 0.5) is 11.4 Å². The summed E-state index contributed by atoms with van der Waals surface area (Å²) < 4.78 is 9.95. The molecular weight excluding hydrogens is 292 g/mol. The Hall–Kier alpha value is -2.54. The minimum absolute atomic E-state index is 0.166. The van der Waals surface area contributed by atoms with Gasteiger partial charge in [-0.15, -0.1) is 11.3 Å². The Morgan fingerprint density at radius 1 is 1.24 bits per heavy atom. The van der Waals surface area contributed by atoms with Crippen molar-refractivity contribution in [3.8, 4) is 5.75 Å². The van der Waals surface area contributed by atoms with Gasteiger partial charge in [0.15, 0.2) is 6.61 Å². The predicted molar refractivity (Wildman–Crippen MR) is 80.6 cm³/mol. The van der Waals surface area contributed by atoms with E-state index in [2.05, 4.69) is 10.1 Å². The van der Waals surface area contributed by atoms with Gasteiger partial charge in [-0.3, -0.25) is 4.79 Å². The Morgan fingerprint density at radius 2 is 1.95 bits per heavy atom. The minimum Gasteiger partial charge on any atom is -0.484 e. The van der Waals surface area contributed by atoms with Gasteiger partial charge in [-0.25, -0.2) is 4.79 Å². The fourth-order valence-electron chi connectivity index (χ4n) is 1.56. The number of nitrogen functional groups attached to an aromatic ring is 1. The van der Waals surface area contributed by atoms with Crippen LogP contribution in [-0.2, 0) is 9.53 Å². The number of anilines is 2. The third kappa shape index (κ3) is 3.96. The van der Waals surface area contributed by atoms with Crippen LogP contribution >= 0.6 is 11.3 Å². The van der Waals surface area contributed by atoms with Crippen LogP contribution in [0.3, 0.4) is 0 Å². The van der Waals surface area contributed by atoms with Crippen molar-refractivity contribution in [3.63, 3.8) is 0 Å². The lowest BCUT2D eigenvalue weighted by Crippen LogP contribution is -2.21. The molecule has 2 aromatic rings. The number of thiophene rings is 1. The molecule has 0 unspecified atom stereocenters. The normalized spacial score (nSPS) is 9.95. The number of methoxy groups -OCH3 is 1. The monoisotopic (exact) mass is 306 g/mol. The molecule has 0 aliphatic heterocycles. The van der Waals surface area contributed by atoms with Crippen molar-refractivity contribution in [1.29, 1.82) is 0 Å². The van der Waals surface area contributed by atoms with Gasteiger partial charge in [0.1, 0.15) is 10.6 Å². The van der Waals surface area contributed by atoms with Crippen molar-refractivity contribution in [1.82, 2.24) is 0 Å². The van der Waals surface area contributed by atoms with Crippen molar-refractivity contribution < 1.29 is 19.1 Å². The molecular formula is C14H14N2O4S. The number of ether oxygens (including phenoxy) is 2. The first kappa shape index (κ1) is 14.9. The molecule has 6 nitrogen and oxygen atoms in total. The Morgan fingerprint density at radius 3 is 2.62 bits per heavy atom. The fourth-order valence-corrected chi connectivity index (χ4v) is 2.32. The van der Waals surface area contributed by atoms with E-state index < -0.39 is 5.97 Å². The van der Waals surface area contributed by atoms with Crippen molar-refractivity contribution in [2.75, 3.05) is 24.8 Å². The maximum absolute atomic E-state index is 11.8. The summed E-state index contributed by atoms with van der Waals surface area (Å²) in [7, 11) is 1.29. The first-order chi connectivity index (χ1) is 10.1. The largest absolute Gasteiger partial charge is 0.484 e. The topological polar surface area (TPSA) is 90.6 Å². The zero-order valence-electron chi connectivity index (χ0n) is 11.3. The molecule has 0 saturated heterocycles. The van der Waals surface area contributed by atoms with E-state index in [1.807, 2.05) is 0 Å². The quantitative estimate of drug-likeness (QED) is 0.652. The summed E-state index contributed by atoms with van der Waals surface area (Å²) in [6, 6.07) is 8.35. The Kier molecular flexibility index (Phi) is 4.78. The van der Waals surface area contributed by atoms with Crippen LogP contribution in [0.15, 0.2) is 35.7 Å². The van der Waals surface area contributed by atoms with E-state index in [4.69, 9.17) is 10.5 Å². The van der Waals surface area contributed by atoms with E-state index in [0.717, 1.165) is 0 Å². The number of benzene rings is 1. The SMILES string of the molecule is COC(=O)c1sccc1NC(=O)COc1ccc(N)cc1. The molecule has 7 heteroatoms. The van der Waals surface area contributed by atoms with Crippen molar-refractivity contribution in [2.24, 2.45) is 0 Å².